The molecule has 1 aromatic heterocycles. The van der Waals surface area contributed by atoms with Gasteiger partial charge in [0.2, 0.25) is 0 Å². The van der Waals surface area contributed by atoms with Crippen molar-refractivity contribution >= 4 is 23.5 Å². The van der Waals surface area contributed by atoms with Crippen LogP contribution in [0.3, 0.4) is 0 Å². The molecule has 2 fully saturated rings. The number of piperidine rings is 1. The number of hydrogen-bond donors (Lipinski definition) is 1. The van der Waals surface area contributed by atoms with Gasteiger partial charge in [-0.1, -0.05) is 12.1 Å². The zero-order chi connectivity index (χ0) is 20.1. The fourth-order valence-electron chi connectivity index (χ4n) is 3.78. The molecule has 1 N–H and O–H groups in total. The number of cyclic esters (lactones) is 1. The number of carbonyl (C=O) groups excluding carboxylic acids is 2. The molecule has 0 bridgehead atoms. The Hall–Kier alpha value is -3.09. The average Bonchev–Trinajstić information content (AvgIpc) is 3.18. The van der Waals surface area contributed by atoms with Crippen LogP contribution in [0.15, 0.2) is 42.6 Å². The summed E-state index contributed by atoms with van der Waals surface area (Å²) in [4.78, 5) is 32.7. The number of nitrogens with zero attached hydrogens (tertiary/aromatic N) is 3. The van der Waals surface area contributed by atoms with Gasteiger partial charge in [-0.05, 0) is 55.5 Å². The largest absolute Gasteiger partial charge is 0.448 e. The zero-order valence-corrected chi connectivity index (χ0v) is 16.5. The lowest BCUT2D eigenvalue weighted by molar-refractivity contribution is 0.102. The Kier molecular flexibility index (Phi) is 5.93. The molecule has 7 heteroatoms. The second kappa shape index (κ2) is 8.94. The summed E-state index contributed by atoms with van der Waals surface area (Å²) in [6, 6.07) is 11.4. The number of carbonyl (C=O) groups is 2. The summed E-state index contributed by atoms with van der Waals surface area (Å²) >= 11 is 0. The fourth-order valence-corrected chi connectivity index (χ4v) is 3.78. The molecule has 2 saturated heterocycles. The molecule has 2 amide bonds. The highest BCUT2D eigenvalue weighted by molar-refractivity contribution is 6.07. The Morgan fingerprint density at radius 3 is 2.59 bits per heavy atom. The molecule has 152 valence electrons. The van der Waals surface area contributed by atoms with Crippen molar-refractivity contribution < 1.29 is 14.3 Å². The van der Waals surface area contributed by atoms with Crippen molar-refractivity contribution in [3.63, 3.8) is 0 Å². The summed E-state index contributed by atoms with van der Waals surface area (Å²) in [7, 11) is 0. The third-order valence-corrected chi connectivity index (χ3v) is 5.41. The van der Waals surface area contributed by atoms with E-state index >= 15 is 0 Å². The Balaban J connectivity index is 1.38. The molecule has 0 radical (unpaired) electrons. The molecule has 7 nitrogen and oxygen atoms in total. The van der Waals surface area contributed by atoms with Crippen molar-refractivity contribution in [2.24, 2.45) is 0 Å². The fraction of sp³-hybridized carbons (Fsp3) is 0.409. The predicted octanol–water partition coefficient (Wildman–Crippen LogP) is 3.32. The smallest absolute Gasteiger partial charge is 0.409 e. The van der Waals surface area contributed by atoms with Gasteiger partial charge in [0.05, 0.1) is 12.1 Å². The van der Waals surface area contributed by atoms with Crippen LogP contribution >= 0.6 is 0 Å². The topological polar surface area (TPSA) is 74.8 Å². The van der Waals surface area contributed by atoms with E-state index in [-0.39, 0.29) is 12.0 Å². The van der Waals surface area contributed by atoms with Gasteiger partial charge in [0.1, 0.15) is 12.4 Å². The minimum Gasteiger partial charge on any atom is -0.448 e. The highest BCUT2D eigenvalue weighted by Crippen LogP contribution is 2.23. The third-order valence-electron chi connectivity index (χ3n) is 5.41. The van der Waals surface area contributed by atoms with Crippen molar-refractivity contribution in [1.29, 1.82) is 0 Å². The summed E-state index contributed by atoms with van der Waals surface area (Å²) in [5, 5.41) is 2.98. The molecule has 0 aliphatic carbocycles. The maximum absolute atomic E-state index is 12.9. The highest BCUT2D eigenvalue weighted by atomic mass is 16.6. The average molecular weight is 394 g/mol. The third kappa shape index (κ3) is 4.67. The van der Waals surface area contributed by atoms with Gasteiger partial charge in [-0.15, -0.1) is 0 Å². The molecule has 0 unspecified atom stereocenters. The monoisotopic (exact) mass is 394 g/mol. The normalized spacial score (nSPS) is 16.6. The minimum atomic E-state index is -0.241. The number of anilines is 2. The van der Waals surface area contributed by atoms with Crippen molar-refractivity contribution in [2.45, 2.75) is 25.7 Å². The number of nitrogens with one attached hydrogen (secondary N) is 1. The second-order valence-corrected chi connectivity index (χ2v) is 7.42. The summed E-state index contributed by atoms with van der Waals surface area (Å²) in [6.45, 7) is 3.64. The van der Waals surface area contributed by atoms with E-state index in [9.17, 15) is 9.59 Å². The molecular weight excluding hydrogens is 368 g/mol. The van der Waals surface area contributed by atoms with E-state index in [0.29, 0.717) is 25.3 Å². The van der Waals surface area contributed by atoms with Crippen LogP contribution in [0.1, 0.15) is 35.2 Å². The molecular formula is C22H26N4O3. The Bertz CT molecular complexity index is 863. The molecule has 0 atom stereocenters. The molecule has 2 aliphatic heterocycles. The second-order valence-electron chi connectivity index (χ2n) is 7.42. The van der Waals surface area contributed by atoms with Crippen LogP contribution in [0.4, 0.5) is 16.3 Å². The van der Waals surface area contributed by atoms with Crippen LogP contribution < -0.4 is 10.2 Å². The molecule has 0 spiro atoms. The predicted molar refractivity (Wildman–Crippen MR) is 111 cm³/mol. The van der Waals surface area contributed by atoms with E-state index in [1.165, 1.54) is 6.42 Å². The Morgan fingerprint density at radius 1 is 1.07 bits per heavy atom. The van der Waals surface area contributed by atoms with E-state index in [1.807, 2.05) is 30.3 Å². The molecule has 1 aromatic carbocycles. The van der Waals surface area contributed by atoms with E-state index in [4.69, 9.17) is 4.74 Å². The first-order chi connectivity index (χ1) is 14.2. The molecule has 2 aromatic rings. The van der Waals surface area contributed by atoms with Gasteiger partial charge in [-0.3, -0.25) is 4.79 Å². The number of amides is 2. The first-order valence-corrected chi connectivity index (χ1v) is 10.2. The maximum Gasteiger partial charge on any atom is 0.409 e. The van der Waals surface area contributed by atoms with Crippen molar-refractivity contribution in [3.05, 3.63) is 53.7 Å². The lowest BCUT2D eigenvalue weighted by Gasteiger charge is -2.29. The van der Waals surface area contributed by atoms with Gasteiger partial charge >= 0.3 is 6.09 Å². The Labute approximate surface area is 170 Å². The minimum absolute atomic E-state index is 0.147. The molecule has 3 heterocycles. The summed E-state index contributed by atoms with van der Waals surface area (Å²) in [6.07, 6.45) is 5.75. The van der Waals surface area contributed by atoms with Crippen LogP contribution in [0, 0.1) is 0 Å². The quantitative estimate of drug-likeness (QED) is 0.814. The molecule has 4 rings (SSSR count). The standard InChI is InChI=1S/C22H26N4O3/c27-21(19-5-4-11-23-20(19)25-12-2-1-3-13-25)24-18-8-6-17(7-9-18)10-14-26-15-16-29-22(26)28/h4-9,11H,1-3,10,12-16H2,(H,24,27). The first-order valence-electron chi connectivity index (χ1n) is 10.2. The van der Waals surface area contributed by atoms with Crippen LogP contribution in [-0.4, -0.2) is 54.7 Å². The summed E-state index contributed by atoms with van der Waals surface area (Å²) in [5.74, 6) is 0.616. The van der Waals surface area contributed by atoms with E-state index < -0.39 is 0 Å². The van der Waals surface area contributed by atoms with Crippen LogP contribution in [0.25, 0.3) is 0 Å². The van der Waals surface area contributed by atoms with Gasteiger partial charge in [-0.25, -0.2) is 9.78 Å². The number of ether oxygens (including phenoxy) is 1. The lowest BCUT2D eigenvalue weighted by atomic mass is 10.1. The summed E-state index contributed by atoms with van der Waals surface area (Å²) < 4.78 is 4.94. The van der Waals surface area contributed by atoms with Gasteiger partial charge in [0, 0.05) is 31.5 Å². The van der Waals surface area contributed by atoms with Gasteiger partial charge in [-0.2, -0.15) is 0 Å². The van der Waals surface area contributed by atoms with E-state index in [1.54, 1.807) is 17.2 Å². The number of aromatic nitrogens is 1. The van der Waals surface area contributed by atoms with Crippen LogP contribution in [0.2, 0.25) is 0 Å². The summed E-state index contributed by atoms with van der Waals surface area (Å²) in [5.41, 5.74) is 2.46. The molecule has 0 saturated carbocycles. The number of benzene rings is 1. The number of pyridine rings is 1. The van der Waals surface area contributed by atoms with Gasteiger partial charge < -0.3 is 19.9 Å². The molecule has 29 heavy (non-hydrogen) atoms. The van der Waals surface area contributed by atoms with Crippen molar-refractivity contribution in [3.8, 4) is 0 Å². The lowest BCUT2D eigenvalue weighted by Crippen LogP contribution is -2.32. The number of hydrogen-bond acceptors (Lipinski definition) is 5. The van der Waals surface area contributed by atoms with E-state index in [2.05, 4.69) is 15.2 Å². The van der Waals surface area contributed by atoms with Gasteiger partial charge in [0.25, 0.3) is 5.91 Å². The number of rotatable bonds is 6. The Morgan fingerprint density at radius 2 is 1.86 bits per heavy atom. The molecule has 2 aliphatic rings. The zero-order valence-electron chi connectivity index (χ0n) is 16.5. The highest BCUT2D eigenvalue weighted by Gasteiger charge is 2.21. The van der Waals surface area contributed by atoms with Gasteiger partial charge in [0.15, 0.2) is 0 Å². The van der Waals surface area contributed by atoms with Crippen LogP contribution in [-0.2, 0) is 11.2 Å². The SMILES string of the molecule is O=C(Nc1ccc(CCN2CCOC2=O)cc1)c1cccnc1N1CCCCC1. The van der Waals surface area contributed by atoms with Crippen molar-refractivity contribution in [2.75, 3.05) is 43.0 Å². The van der Waals surface area contributed by atoms with E-state index in [0.717, 1.165) is 49.4 Å². The van der Waals surface area contributed by atoms with Crippen LogP contribution in [0.5, 0.6) is 0 Å². The maximum atomic E-state index is 12.9. The van der Waals surface area contributed by atoms with Crippen molar-refractivity contribution in [1.82, 2.24) is 9.88 Å². The first kappa shape index (κ1) is 19.2.